The monoisotopic (exact) mass is 255 g/mol. The molecule has 1 N–H and O–H groups in total. The molecule has 0 amide bonds. The van der Waals surface area contributed by atoms with Gasteiger partial charge >= 0.3 is 0 Å². The van der Waals surface area contributed by atoms with Crippen molar-refractivity contribution < 1.29 is 9.84 Å². The van der Waals surface area contributed by atoms with Crippen molar-refractivity contribution in [2.45, 2.75) is 25.6 Å². The third-order valence-corrected chi connectivity index (χ3v) is 3.39. The third-order valence-electron chi connectivity index (χ3n) is 3.39. The van der Waals surface area contributed by atoms with Gasteiger partial charge in [-0.15, -0.1) is 0 Å². The van der Waals surface area contributed by atoms with Gasteiger partial charge in [-0.2, -0.15) is 0 Å². The van der Waals surface area contributed by atoms with Crippen LogP contribution < -0.4 is 4.74 Å². The van der Waals surface area contributed by atoms with Gasteiger partial charge in [0, 0.05) is 11.8 Å². The summed E-state index contributed by atoms with van der Waals surface area (Å²) in [6.07, 6.45) is 5.23. The van der Waals surface area contributed by atoms with Crippen LogP contribution in [0.4, 0.5) is 0 Å². The zero-order chi connectivity index (χ0) is 13.1. The number of ether oxygens (including phenoxy) is 1. The van der Waals surface area contributed by atoms with E-state index in [4.69, 9.17) is 4.74 Å². The summed E-state index contributed by atoms with van der Waals surface area (Å²) in [7, 11) is 0. The van der Waals surface area contributed by atoms with E-state index in [2.05, 4.69) is 4.98 Å². The molecule has 1 unspecified atom stereocenters. The fourth-order valence-corrected chi connectivity index (χ4v) is 2.10. The Hall–Kier alpha value is -1.87. The Morgan fingerprint density at radius 2 is 2.00 bits per heavy atom. The smallest absolute Gasteiger partial charge is 0.138 e. The number of rotatable bonds is 5. The van der Waals surface area contributed by atoms with Gasteiger partial charge in [0.2, 0.25) is 0 Å². The second-order valence-corrected chi connectivity index (χ2v) is 5.01. The molecular formula is C16H17NO2. The van der Waals surface area contributed by atoms with Crippen LogP contribution >= 0.6 is 0 Å². The molecule has 3 nitrogen and oxygen atoms in total. The SMILES string of the molecule is OC(c1cncc(OCc2ccccc2)c1)C1CC1. The molecule has 3 heteroatoms. The second kappa shape index (κ2) is 5.41. The van der Waals surface area contributed by atoms with E-state index < -0.39 is 6.10 Å². The Bertz CT molecular complexity index is 537. The van der Waals surface area contributed by atoms with Crippen molar-refractivity contribution in [3.63, 3.8) is 0 Å². The molecule has 1 saturated carbocycles. The average Bonchev–Trinajstić information content (AvgIpc) is 3.30. The Labute approximate surface area is 112 Å². The highest BCUT2D eigenvalue weighted by atomic mass is 16.5. The van der Waals surface area contributed by atoms with Crippen LogP contribution in [0.25, 0.3) is 0 Å². The lowest BCUT2D eigenvalue weighted by molar-refractivity contribution is 0.153. The van der Waals surface area contributed by atoms with Crippen LogP contribution in [0.1, 0.15) is 30.1 Å². The fourth-order valence-electron chi connectivity index (χ4n) is 2.10. The molecule has 0 bridgehead atoms. The minimum absolute atomic E-state index is 0.396. The van der Waals surface area contributed by atoms with E-state index in [-0.39, 0.29) is 0 Å². The maximum absolute atomic E-state index is 10.1. The number of nitrogens with zero attached hydrogens (tertiary/aromatic N) is 1. The number of aliphatic hydroxyl groups is 1. The van der Waals surface area contributed by atoms with Gasteiger partial charge in [-0.05, 0) is 30.4 Å². The van der Waals surface area contributed by atoms with Gasteiger partial charge < -0.3 is 9.84 Å². The van der Waals surface area contributed by atoms with Gasteiger partial charge in [0.05, 0.1) is 12.3 Å². The molecule has 1 atom stereocenters. The summed E-state index contributed by atoms with van der Waals surface area (Å²) in [5.74, 6) is 1.12. The minimum atomic E-state index is -0.396. The molecule has 1 fully saturated rings. The molecule has 1 heterocycles. The van der Waals surface area contributed by atoms with E-state index in [1.54, 1.807) is 12.4 Å². The van der Waals surface area contributed by atoms with Crippen molar-refractivity contribution in [2.75, 3.05) is 0 Å². The Morgan fingerprint density at radius 3 is 2.74 bits per heavy atom. The van der Waals surface area contributed by atoms with E-state index in [1.165, 1.54) is 0 Å². The zero-order valence-corrected chi connectivity index (χ0v) is 10.7. The highest BCUT2D eigenvalue weighted by Gasteiger charge is 2.31. The first kappa shape index (κ1) is 12.2. The van der Waals surface area contributed by atoms with Gasteiger partial charge in [0.15, 0.2) is 0 Å². The minimum Gasteiger partial charge on any atom is -0.487 e. The van der Waals surface area contributed by atoms with E-state index in [0.717, 1.165) is 24.0 Å². The summed E-state index contributed by atoms with van der Waals surface area (Å²) in [6.45, 7) is 0.519. The first-order chi connectivity index (χ1) is 9.33. The summed E-state index contributed by atoms with van der Waals surface area (Å²) >= 11 is 0. The van der Waals surface area contributed by atoms with Crippen molar-refractivity contribution in [1.82, 2.24) is 4.98 Å². The van der Waals surface area contributed by atoms with Crippen LogP contribution in [0.3, 0.4) is 0 Å². The summed E-state index contributed by atoms with van der Waals surface area (Å²) < 4.78 is 5.71. The third kappa shape index (κ3) is 3.12. The maximum Gasteiger partial charge on any atom is 0.138 e. The predicted molar refractivity (Wildman–Crippen MR) is 72.7 cm³/mol. The fraction of sp³-hybridized carbons (Fsp3) is 0.312. The molecule has 0 aliphatic heterocycles. The highest BCUT2D eigenvalue weighted by molar-refractivity contribution is 5.26. The number of aliphatic hydroxyl groups excluding tert-OH is 1. The standard InChI is InChI=1S/C16H17NO2/c18-16(13-6-7-13)14-8-15(10-17-9-14)19-11-12-4-2-1-3-5-12/h1-5,8-10,13,16,18H,6-7,11H2. The number of benzene rings is 1. The van der Waals surface area contributed by atoms with Crippen LogP contribution in [0.2, 0.25) is 0 Å². The van der Waals surface area contributed by atoms with Gasteiger partial charge in [-0.25, -0.2) is 0 Å². The molecule has 1 aromatic heterocycles. The van der Waals surface area contributed by atoms with E-state index in [1.807, 2.05) is 36.4 Å². The van der Waals surface area contributed by atoms with E-state index in [0.29, 0.717) is 18.3 Å². The predicted octanol–water partition coefficient (Wildman–Crippen LogP) is 3.10. The number of aromatic nitrogens is 1. The Kier molecular flexibility index (Phi) is 3.47. The van der Waals surface area contributed by atoms with Crippen LogP contribution in [0.5, 0.6) is 5.75 Å². The topological polar surface area (TPSA) is 42.4 Å². The molecule has 0 saturated heterocycles. The lowest BCUT2D eigenvalue weighted by Crippen LogP contribution is -2.02. The molecule has 19 heavy (non-hydrogen) atoms. The molecule has 1 aromatic carbocycles. The normalized spacial score (nSPS) is 16.1. The first-order valence-corrected chi connectivity index (χ1v) is 6.62. The average molecular weight is 255 g/mol. The van der Waals surface area contributed by atoms with Crippen molar-refractivity contribution in [2.24, 2.45) is 5.92 Å². The van der Waals surface area contributed by atoms with Gasteiger partial charge in [0.25, 0.3) is 0 Å². The molecule has 1 aliphatic rings. The van der Waals surface area contributed by atoms with Gasteiger partial charge in [-0.3, -0.25) is 4.98 Å². The van der Waals surface area contributed by atoms with Crippen LogP contribution in [-0.4, -0.2) is 10.1 Å². The van der Waals surface area contributed by atoms with Crippen LogP contribution in [0.15, 0.2) is 48.8 Å². The van der Waals surface area contributed by atoms with Crippen molar-refractivity contribution >= 4 is 0 Å². The highest BCUT2D eigenvalue weighted by Crippen LogP contribution is 2.41. The Balaban J connectivity index is 1.66. The lowest BCUT2D eigenvalue weighted by atomic mass is 10.1. The Morgan fingerprint density at radius 1 is 1.21 bits per heavy atom. The number of pyridine rings is 1. The summed E-state index contributed by atoms with van der Waals surface area (Å²) in [5, 5.41) is 10.1. The zero-order valence-electron chi connectivity index (χ0n) is 10.7. The van der Waals surface area contributed by atoms with Crippen LogP contribution in [0, 0.1) is 5.92 Å². The quantitative estimate of drug-likeness (QED) is 0.892. The number of hydrogen-bond donors (Lipinski definition) is 1. The molecule has 2 aromatic rings. The molecule has 1 aliphatic carbocycles. The van der Waals surface area contributed by atoms with E-state index >= 15 is 0 Å². The van der Waals surface area contributed by atoms with Gasteiger partial charge in [-0.1, -0.05) is 30.3 Å². The summed E-state index contributed by atoms with van der Waals surface area (Å²) in [4.78, 5) is 4.14. The molecule has 0 spiro atoms. The molecule has 98 valence electrons. The molecule has 0 radical (unpaired) electrons. The molecule has 3 rings (SSSR count). The lowest BCUT2D eigenvalue weighted by Gasteiger charge is -2.11. The largest absolute Gasteiger partial charge is 0.487 e. The maximum atomic E-state index is 10.1. The van der Waals surface area contributed by atoms with Crippen molar-refractivity contribution in [3.05, 3.63) is 59.9 Å². The van der Waals surface area contributed by atoms with Crippen molar-refractivity contribution in [3.8, 4) is 5.75 Å². The summed E-state index contributed by atoms with van der Waals surface area (Å²) in [5.41, 5.74) is 1.98. The van der Waals surface area contributed by atoms with Crippen LogP contribution in [-0.2, 0) is 6.61 Å². The molecular weight excluding hydrogens is 238 g/mol. The number of hydrogen-bond acceptors (Lipinski definition) is 3. The first-order valence-electron chi connectivity index (χ1n) is 6.62. The van der Waals surface area contributed by atoms with E-state index in [9.17, 15) is 5.11 Å². The second-order valence-electron chi connectivity index (χ2n) is 5.01. The van der Waals surface area contributed by atoms with Crippen molar-refractivity contribution in [1.29, 1.82) is 0 Å². The summed E-state index contributed by atoms with van der Waals surface area (Å²) in [6, 6.07) is 11.9. The van der Waals surface area contributed by atoms with Gasteiger partial charge in [0.1, 0.15) is 12.4 Å².